The summed E-state index contributed by atoms with van der Waals surface area (Å²) >= 11 is 0. The highest BCUT2D eigenvalue weighted by Crippen LogP contribution is 2.28. The Kier molecular flexibility index (Phi) is 6.59. The number of hydrogen-bond acceptors (Lipinski definition) is 6. The molecule has 2 aromatic rings. The van der Waals surface area contributed by atoms with Gasteiger partial charge >= 0.3 is 0 Å². The van der Waals surface area contributed by atoms with E-state index in [1.807, 2.05) is 6.07 Å². The number of hydrogen-bond donors (Lipinski definition) is 1. The van der Waals surface area contributed by atoms with Gasteiger partial charge in [0.2, 0.25) is 15.9 Å². The normalized spacial score (nSPS) is 15.2. The minimum absolute atomic E-state index is 0.146. The first kappa shape index (κ1) is 21.6. The van der Waals surface area contributed by atoms with E-state index in [1.54, 1.807) is 18.2 Å². The van der Waals surface area contributed by atoms with Gasteiger partial charge in [-0.15, -0.1) is 0 Å². The summed E-state index contributed by atoms with van der Waals surface area (Å²) in [6.45, 7) is 0.504. The highest BCUT2D eigenvalue weighted by Gasteiger charge is 2.32. The lowest BCUT2D eigenvalue weighted by molar-refractivity contribution is -0.120. The molecule has 0 aromatic heterocycles. The second kappa shape index (κ2) is 9.15. The zero-order valence-electron chi connectivity index (χ0n) is 16.8. The number of nitrogens with one attached hydrogen (secondary N) is 1. The number of piperidine rings is 1. The minimum atomic E-state index is -3.65. The van der Waals surface area contributed by atoms with E-state index in [2.05, 4.69) is 5.32 Å². The van der Waals surface area contributed by atoms with Crippen LogP contribution in [0.25, 0.3) is 0 Å². The molecule has 1 heterocycles. The number of sulfonamides is 1. The lowest BCUT2D eigenvalue weighted by Crippen LogP contribution is -2.41. The second-order valence-electron chi connectivity index (χ2n) is 6.91. The summed E-state index contributed by atoms with van der Waals surface area (Å²) in [4.78, 5) is 12.8. The molecular formula is C21H23N3O5S. The van der Waals surface area contributed by atoms with Crippen molar-refractivity contribution in [1.82, 2.24) is 4.31 Å². The first-order chi connectivity index (χ1) is 14.4. The topological polar surface area (TPSA) is 109 Å². The second-order valence-corrected chi connectivity index (χ2v) is 8.84. The fraction of sp³-hybridized carbons (Fsp3) is 0.333. The maximum atomic E-state index is 12.8. The fourth-order valence-electron chi connectivity index (χ4n) is 3.33. The minimum Gasteiger partial charge on any atom is -0.497 e. The van der Waals surface area contributed by atoms with Crippen LogP contribution in [-0.4, -0.2) is 45.9 Å². The molecule has 0 radical (unpaired) electrons. The molecule has 0 saturated carbocycles. The van der Waals surface area contributed by atoms with Crippen molar-refractivity contribution in [3.8, 4) is 17.6 Å². The Bertz CT molecular complexity index is 1030. The number of amides is 1. The average Bonchev–Trinajstić information content (AvgIpc) is 2.78. The number of methoxy groups -OCH3 is 2. The molecule has 9 heteroatoms. The summed E-state index contributed by atoms with van der Waals surface area (Å²) in [5, 5.41) is 11.7. The average molecular weight is 429 g/mol. The third-order valence-electron chi connectivity index (χ3n) is 5.06. The Labute approximate surface area is 176 Å². The number of nitrogens with zero attached hydrogens (tertiary/aromatic N) is 2. The summed E-state index contributed by atoms with van der Waals surface area (Å²) in [5.41, 5.74) is 0.960. The first-order valence-corrected chi connectivity index (χ1v) is 10.9. The highest BCUT2D eigenvalue weighted by molar-refractivity contribution is 7.89. The first-order valence-electron chi connectivity index (χ1n) is 9.41. The summed E-state index contributed by atoms with van der Waals surface area (Å²) in [7, 11) is -0.590. The number of benzene rings is 2. The van der Waals surface area contributed by atoms with Crippen LogP contribution in [0.3, 0.4) is 0 Å². The molecule has 2 aromatic carbocycles. The maximum absolute atomic E-state index is 12.8. The van der Waals surface area contributed by atoms with Gasteiger partial charge in [-0.3, -0.25) is 4.79 Å². The predicted octanol–water partition coefficient (Wildman–Crippen LogP) is 2.61. The number of rotatable bonds is 6. The van der Waals surface area contributed by atoms with Crippen LogP contribution >= 0.6 is 0 Å². The van der Waals surface area contributed by atoms with E-state index >= 15 is 0 Å². The molecule has 1 aliphatic rings. The Morgan fingerprint density at radius 1 is 1.07 bits per heavy atom. The lowest BCUT2D eigenvalue weighted by Gasteiger charge is -2.30. The number of ether oxygens (including phenoxy) is 2. The van der Waals surface area contributed by atoms with Crippen molar-refractivity contribution in [3.63, 3.8) is 0 Å². The van der Waals surface area contributed by atoms with Crippen LogP contribution in [-0.2, 0) is 14.8 Å². The van der Waals surface area contributed by atoms with Crippen LogP contribution in [0, 0.1) is 17.2 Å². The Hall–Kier alpha value is -3.09. The maximum Gasteiger partial charge on any atom is 0.243 e. The van der Waals surface area contributed by atoms with Crippen molar-refractivity contribution in [1.29, 1.82) is 5.26 Å². The summed E-state index contributed by atoms with van der Waals surface area (Å²) in [6.07, 6.45) is 0.838. The van der Waals surface area contributed by atoms with Gasteiger partial charge in [0.15, 0.2) is 0 Å². The molecule has 0 spiro atoms. The number of carbonyl (C=O) groups excluding carboxylic acids is 1. The van der Waals surface area contributed by atoms with Gasteiger partial charge in [0.1, 0.15) is 11.5 Å². The molecule has 3 rings (SSSR count). The van der Waals surface area contributed by atoms with Crippen molar-refractivity contribution in [2.75, 3.05) is 32.6 Å². The third kappa shape index (κ3) is 4.72. The van der Waals surface area contributed by atoms with Crippen LogP contribution < -0.4 is 14.8 Å². The van der Waals surface area contributed by atoms with Crippen molar-refractivity contribution in [2.45, 2.75) is 17.7 Å². The summed E-state index contributed by atoms with van der Waals surface area (Å²) < 4.78 is 37.4. The van der Waals surface area contributed by atoms with Crippen molar-refractivity contribution in [2.24, 2.45) is 5.92 Å². The quantitative estimate of drug-likeness (QED) is 0.756. The molecule has 30 heavy (non-hydrogen) atoms. The fourth-order valence-corrected chi connectivity index (χ4v) is 4.80. The van der Waals surface area contributed by atoms with Gasteiger partial charge in [-0.1, -0.05) is 0 Å². The monoisotopic (exact) mass is 429 g/mol. The number of carbonyl (C=O) groups is 1. The standard InChI is InChI=1S/C21H23N3O5S/c1-28-18-11-17(12-19(13-18)29-2)23-21(25)16-7-9-24(10-8-16)30(26,27)20-5-3-15(14-22)4-6-20/h3-6,11-13,16H,7-10H2,1-2H3,(H,23,25). The lowest BCUT2D eigenvalue weighted by atomic mass is 9.97. The van der Waals surface area contributed by atoms with Crippen LogP contribution in [0.15, 0.2) is 47.4 Å². The van der Waals surface area contributed by atoms with E-state index in [-0.39, 0.29) is 29.8 Å². The van der Waals surface area contributed by atoms with E-state index in [9.17, 15) is 13.2 Å². The van der Waals surface area contributed by atoms with Crippen molar-refractivity contribution < 1.29 is 22.7 Å². The Balaban J connectivity index is 1.63. The van der Waals surface area contributed by atoms with Crippen molar-refractivity contribution >= 4 is 21.6 Å². The van der Waals surface area contributed by atoms with Gasteiger partial charge in [0, 0.05) is 42.9 Å². The molecule has 1 N–H and O–H groups in total. The number of anilines is 1. The number of nitriles is 1. The molecule has 0 bridgehead atoms. The predicted molar refractivity (Wildman–Crippen MR) is 111 cm³/mol. The largest absolute Gasteiger partial charge is 0.497 e. The van der Waals surface area contributed by atoms with E-state index in [0.717, 1.165) is 0 Å². The zero-order valence-corrected chi connectivity index (χ0v) is 17.6. The van der Waals surface area contributed by atoms with Crippen LogP contribution in [0.2, 0.25) is 0 Å². The zero-order chi connectivity index (χ0) is 21.7. The van der Waals surface area contributed by atoms with Crippen molar-refractivity contribution in [3.05, 3.63) is 48.0 Å². The summed E-state index contributed by atoms with van der Waals surface area (Å²) in [6, 6.07) is 12.9. The molecule has 1 saturated heterocycles. The Morgan fingerprint density at radius 2 is 1.63 bits per heavy atom. The molecule has 1 fully saturated rings. The van der Waals surface area contributed by atoms with Gasteiger partial charge in [-0.25, -0.2) is 8.42 Å². The molecule has 158 valence electrons. The van der Waals surface area contributed by atoms with Crippen LogP contribution in [0.5, 0.6) is 11.5 Å². The smallest absolute Gasteiger partial charge is 0.243 e. The van der Waals surface area contributed by atoms with E-state index in [0.29, 0.717) is 35.6 Å². The van der Waals surface area contributed by atoms with Gasteiger partial charge < -0.3 is 14.8 Å². The molecular weight excluding hydrogens is 406 g/mol. The molecule has 1 amide bonds. The summed E-state index contributed by atoms with van der Waals surface area (Å²) in [5.74, 6) is 0.663. The Morgan fingerprint density at radius 3 is 2.13 bits per heavy atom. The van der Waals surface area contributed by atoms with E-state index < -0.39 is 10.0 Å². The molecule has 0 unspecified atom stereocenters. The van der Waals surface area contributed by atoms with Gasteiger partial charge in [-0.05, 0) is 37.1 Å². The molecule has 8 nitrogen and oxygen atoms in total. The SMILES string of the molecule is COc1cc(NC(=O)C2CCN(S(=O)(=O)c3ccc(C#N)cc3)CC2)cc(OC)c1. The van der Waals surface area contributed by atoms with Gasteiger partial charge in [0.05, 0.1) is 30.7 Å². The van der Waals surface area contributed by atoms with Gasteiger partial charge in [0.25, 0.3) is 0 Å². The molecule has 1 aliphatic heterocycles. The van der Waals surface area contributed by atoms with Crippen LogP contribution in [0.4, 0.5) is 5.69 Å². The molecule has 0 atom stereocenters. The van der Waals surface area contributed by atoms with Crippen LogP contribution in [0.1, 0.15) is 18.4 Å². The van der Waals surface area contributed by atoms with E-state index in [1.165, 1.54) is 42.8 Å². The highest BCUT2D eigenvalue weighted by atomic mass is 32.2. The van der Waals surface area contributed by atoms with Gasteiger partial charge in [-0.2, -0.15) is 9.57 Å². The van der Waals surface area contributed by atoms with E-state index in [4.69, 9.17) is 14.7 Å². The molecule has 0 aliphatic carbocycles. The third-order valence-corrected chi connectivity index (χ3v) is 6.98.